The van der Waals surface area contributed by atoms with Crippen molar-refractivity contribution in [1.29, 1.82) is 0 Å². The lowest BCUT2D eigenvalue weighted by molar-refractivity contribution is 0.586. The molecule has 15 heavy (non-hydrogen) atoms. The van der Waals surface area contributed by atoms with Gasteiger partial charge in [0.05, 0.1) is 11.5 Å². The van der Waals surface area contributed by atoms with Crippen molar-refractivity contribution in [3.8, 4) is 0 Å². The Morgan fingerprint density at radius 1 is 1.33 bits per heavy atom. The first-order valence-corrected chi connectivity index (χ1v) is 6.71. The van der Waals surface area contributed by atoms with Crippen molar-refractivity contribution >= 4 is 27.3 Å². The van der Waals surface area contributed by atoms with Crippen LogP contribution >= 0.6 is 11.6 Å². The van der Waals surface area contributed by atoms with Crippen LogP contribution in [0.3, 0.4) is 0 Å². The van der Waals surface area contributed by atoms with Crippen LogP contribution in [0, 0.1) is 0 Å². The fourth-order valence-electron chi connectivity index (χ4n) is 1.44. The topological polar surface area (TPSA) is 63.2 Å². The minimum Gasteiger partial charge on any atom is -0.354 e. The Hall–Kier alpha value is -0.880. The van der Waals surface area contributed by atoms with Gasteiger partial charge in [0.1, 0.15) is 5.82 Å². The average Bonchev–Trinajstić information content (AvgIpc) is 2.17. The van der Waals surface area contributed by atoms with Gasteiger partial charge in [-0.05, 0) is 17.7 Å². The number of nitrogens with zero attached hydrogens (tertiary/aromatic N) is 3. The van der Waals surface area contributed by atoms with Crippen LogP contribution in [-0.2, 0) is 9.84 Å². The normalized spacial score (nSPS) is 20.2. The molecule has 0 spiro atoms. The Balaban J connectivity index is 2.14. The van der Waals surface area contributed by atoms with Gasteiger partial charge in [-0.3, -0.25) is 0 Å². The van der Waals surface area contributed by atoms with Gasteiger partial charge in [-0.2, -0.15) is 0 Å². The van der Waals surface area contributed by atoms with Gasteiger partial charge in [-0.25, -0.2) is 18.4 Å². The van der Waals surface area contributed by atoms with Crippen LogP contribution in [0.2, 0.25) is 5.28 Å². The highest BCUT2D eigenvalue weighted by Gasteiger charge is 2.22. The molecule has 0 saturated carbocycles. The molecule has 5 nitrogen and oxygen atoms in total. The van der Waals surface area contributed by atoms with E-state index in [0.29, 0.717) is 18.9 Å². The van der Waals surface area contributed by atoms with Crippen LogP contribution < -0.4 is 4.90 Å². The van der Waals surface area contributed by atoms with Crippen molar-refractivity contribution < 1.29 is 8.42 Å². The van der Waals surface area contributed by atoms with Gasteiger partial charge >= 0.3 is 0 Å². The first kappa shape index (κ1) is 10.6. The van der Waals surface area contributed by atoms with Crippen LogP contribution in [-0.4, -0.2) is 43.0 Å². The molecule has 1 aromatic rings. The summed E-state index contributed by atoms with van der Waals surface area (Å²) in [6, 6.07) is 1.73. The van der Waals surface area contributed by atoms with Crippen molar-refractivity contribution in [2.75, 3.05) is 29.5 Å². The van der Waals surface area contributed by atoms with E-state index in [9.17, 15) is 8.42 Å². The third kappa shape index (κ3) is 2.57. The third-order valence-corrected chi connectivity index (χ3v) is 4.07. The van der Waals surface area contributed by atoms with Gasteiger partial charge in [-0.15, -0.1) is 0 Å². The van der Waals surface area contributed by atoms with Crippen LogP contribution in [0.5, 0.6) is 0 Å². The molecule has 1 aliphatic rings. The van der Waals surface area contributed by atoms with E-state index in [0.717, 1.165) is 0 Å². The smallest absolute Gasteiger partial charge is 0.224 e. The van der Waals surface area contributed by atoms with Crippen molar-refractivity contribution in [1.82, 2.24) is 9.97 Å². The Kier molecular flexibility index (Phi) is 2.79. The molecule has 1 fully saturated rings. The van der Waals surface area contributed by atoms with E-state index in [2.05, 4.69) is 9.97 Å². The summed E-state index contributed by atoms with van der Waals surface area (Å²) >= 11 is 5.65. The number of aromatic nitrogens is 2. The van der Waals surface area contributed by atoms with Crippen LogP contribution in [0.4, 0.5) is 5.82 Å². The fourth-order valence-corrected chi connectivity index (χ4v) is 2.79. The summed E-state index contributed by atoms with van der Waals surface area (Å²) in [7, 11) is -2.85. The number of hydrogen-bond acceptors (Lipinski definition) is 5. The lowest BCUT2D eigenvalue weighted by Crippen LogP contribution is -2.40. The highest BCUT2D eigenvalue weighted by molar-refractivity contribution is 7.91. The maximum Gasteiger partial charge on any atom is 0.224 e. The van der Waals surface area contributed by atoms with E-state index in [4.69, 9.17) is 11.6 Å². The number of hydrogen-bond donors (Lipinski definition) is 0. The molecule has 0 bridgehead atoms. The predicted octanol–water partition coefficient (Wildman–Crippen LogP) is 0.365. The minimum atomic E-state index is -2.85. The standard InChI is InChI=1S/C8H10ClN3O2S/c9-8-10-2-1-7(11-8)12-3-5-15(13,14)6-4-12/h1-2H,3-6H2. The quantitative estimate of drug-likeness (QED) is 0.671. The third-order valence-electron chi connectivity index (χ3n) is 2.28. The zero-order valence-corrected chi connectivity index (χ0v) is 9.50. The van der Waals surface area contributed by atoms with Crippen LogP contribution in [0.15, 0.2) is 12.3 Å². The molecule has 0 aromatic carbocycles. The second-order valence-corrected chi connectivity index (χ2v) is 5.96. The van der Waals surface area contributed by atoms with E-state index in [1.54, 1.807) is 12.3 Å². The van der Waals surface area contributed by atoms with E-state index >= 15 is 0 Å². The highest BCUT2D eigenvalue weighted by atomic mass is 35.5. The van der Waals surface area contributed by atoms with Crippen LogP contribution in [0.25, 0.3) is 0 Å². The molecule has 0 unspecified atom stereocenters. The summed E-state index contributed by atoms with van der Waals surface area (Å²) < 4.78 is 22.4. The Labute approximate surface area is 93.0 Å². The van der Waals surface area contributed by atoms with Crippen molar-refractivity contribution in [3.05, 3.63) is 17.5 Å². The number of rotatable bonds is 1. The molecular formula is C8H10ClN3O2S. The molecular weight excluding hydrogens is 238 g/mol. The summed E-state index contributed by atoms with van der Waals surface area (Å²) in [5, 5.41) is 0.181. The largest absolute Gasteiger partial charge is 0.354 e. The van der Waals surface area contributed by atoms with Crippen LogP contribution in [0.1, 0.15) is 0 Å². The van der Waals surface area contributed by atoms with Gasteiger partial charge < -0.3 is 4.90 Å². The second-order valence-electron chi connectivity index (χ2n) is 3.32. The first-order valence-electron chi connectivity index (χ1n) is 4.51. The van der Waals surface area contributed by atoms with E-state index in [1.165, 1.54) is 0 Å². The zero-order valence-electron chi connectivity index (χ0n) is 7.93. The van der Waals surface area contributed by atoms with Gasteiger partial charge in [0.15, 0.2) is 9.84 Å². The predicted molar refractivity (Wildman–Crippen MR) is 57.9 cm³/mol. The fraction of sp³-hybridized carbons (Fsp3) is 0.500. The summed E-state index contributed by atoms with van der Waals surface area (Å²) in [6.45, 7) is 0.936. The Morgan fingerprint density at radius 2 is 2.00 bits per heavy atom. The van der Waals surface area contributed by atoms with E-state index in [-0.39, 0.29) is 16.8 Å². The van der Waals surface area contributed by atoms with Gasteiger partial charge in [-0.1, -0.05) is 0 Å². The molecule has 7 heteroatoms. The first-order chi connectivity index (χ1) is 7.07. The number of sulfone groups is 1. The molecule has 2 heterocycles. The molecule has 2 rings (SSSR count). The second kappa shape index (κ2) is 3.94. The monoisotopic (exact) mass is 247 g/mol. The van der Waals surface area contributed by atoms with Gasteiger partial charge in [0.25, 0.3) is 0 Å². The molecule has 0 aliphatic carbocycles. The molecule has 0 radical (unpaired) electrons. The van der Waals surface area contributed by atoms with E-state index < -0.39 is 9.84 Å². The number of anilines is 1. The summed E-state index contributed by atoms with van der Waals surface area (Å²) in [6.07, 6.45) is 1.56. The maximum atomic E-state index is 11.2. The lowest BCUT2D eigenvalue weighted by Gasteiger charge is -2.27. The van der Waals surface area contributed by atoms with Crippen molar-refractivity contribution in [3.63, 3.8) is 0 Å². The Bertz CT molecular complexity index is 449. The average molecular weight is 248 g/mol. The van der Waals surface area contributed by atoms with Gasteiger partial charge in [0, 0.05) is 19.3 Å². The summed E-state index contributed by atoms with van der Waals surface area (Å²) in [5.41, 5.74) is 0. The van der Waals surface area contributed by atoms with E-state index in [1.807, 2.05) is 4.90 Å². The number of halogens is 1. The molecule has 1 saturated heterocycles. The molecule has 0 N–H and O–H groups in total. The SMILES string of the molecule is O=S1(=O)CCN(c2ccnc(Cl)n2)CC1. The van der Waals surface area contributed by atoms with Gasteiger partial charge in [0.2, 0.25) is 5.28 Å². The minimum absolute atomic E-state index is 0.175. The molecule has 82 valence electrons. The maximum absolute atomic E-state index is 11.2. The molecule has 1 aliphatic heterocycles. The summed E-state index contributed by atoms with van der Waals surface area (Å²) in [5.74, 6) is 1.04. The Morgan fingerprint density at radius 3 is 2.60 bits per heavy atom. The lowest BCUT2D eigenvalue weighted by atomic mass is 10.4. The van der Waals surface area contributed by atoms with Crippen molar-refractivity contribution in [2.45, 2.75) is 0 Å². The highest BCUT2D eigenvalue weighted by Crippen LogP contribution is 2.15. The van der Waals surface area contributed by atoms with Crippen molar-refractivity contribution in [2.24, 2.45) is 0 Å². The molecule has 1 aromatic heterocycles. The zero-order chi connectivity index (χ0) is 10.9. The summed E-state index contributed by atoms with van der Waals surface area (Å²) in [4.78, 5) is 9.70. The molecule has 0 amide bonds. The molecule has 0 atom stereocenters.